The standard InChI is InChI=1S/C17H14N4OS/c22-16(12-23-15-6-8-18-9-7-15)21-14-10-19-17(20-11-14)13-4-2-1-3-5-13/h1-11H,12H2,(H,21,22). The van der Waals surface area contributed by atoms with E-state index < -0.39 is 0 Å². The van der Waals surface area contributed by atoms with Gasteiger partial charge in [-0.2, -0.15) is 0 Å². The van der Waals surface area contributed by atoms with Crippen molar-refractivity contribution in [3.63, 3.8) is 0 Å². The number of benzene rings is 1. The average molecular weight is 322 g/mol. The number of carbonyl (C=O) groups excluding carboxylic acids is 1. The van der Waals surface area contributed by atoms with Gasteiger partial charge in [-0.3, -0.25) is 9.78 Å². The third kappa shape index (κ3) is 4.37. The SMILES string of the molecule is O=C(CSc1ccncc1)Nc1cnc(-c2ccccc2)nc1. The van der Waals surface area contributed by atoms with Crippen molar-refractivity contribution in [2.45, 2.75) is 4.90 Å². The number of amides is 1. The molecule has 0 atom stereocenters. The summed E-state index contributed by atoms with van der Waals surface area (Å²) in [5, 5.41) is 2.79. The lowest BCUT2D eigenvalue weighted by Crippen LogP contribution is -2.14. The highest BCUT2D eigenvalue weighted by Crippen LogP contribution is 2.17. The van der Waals surface area contributed by atoms with Gasteiger partial charge in [-0.25, -0.2) is 9.97 Å². The lowest BCUT2D eigenvalue weighted by Gasteiger charge is -2.05. The van der Waals surface area contributed by atoms with Crippen molar-refractivity contribution in [3.8, 4) is 11.4 Å². The third-order valence-corrected chi connectivity index (χ3v) is 4.00. The summed E-state index contributed by atoms with van der Waals surface area (Å²) in [4.78, 5) is 25.4. The van der Waals surface area contributed by atoms with E-state index in [1.165, 1.54) is 11.8 Å². The molecule has 0 radical (unpaired) electrons. The maximum absolute atomic E-state index is 11.9. The van der Waals surface area contributed by atoms with Crippen molar-refractivity contribution in [2.24, 2.45) is 0 Å². The van der Waals surface area contributed by atoms with E-state index in [1.54, 1.807) is 24.8 Å². The minimum Gasteiger partial charge on any atom is -0.323 e. The third-order valence-electron chi connectivity index (χ3n) is 2.99. The molecule has 0 bridgehead atoms. The molecule has 5 nitrogen and oxygen atoms in total. The van der Waals surface area contributed by atoms with Crippen LogP contribution in [0, 0.1) is 0 Å². The molecule has 23 heavy (non-hydrogen) atoms. The van der Waals surface area contributed by atoms with Crippen molar-refractivity contribution in [1.29, 1.82) is 0 Å². The number of aromatic nitrogens is 3. The van der Waals surface area contributed by atoms with Crippen LogP contribution in [0.15, 0.2) is 72.1 Å². The summed E-state index contributed by atoms with van der Waals surface area (Å²) in [5.74, 6) is 0.863. The van der Waals surface area contributed by atoms with E-state index in [1.807, 2.05) is 42.5 Å². The van der Waals surface area contributed by atoms with Crippen LogP contribution in [0.4, 0.5) is 5.69 Å². The first-order valence-electron chi connectivity index (χ1n) is 7.01. The Bertz CT molecular complexity index is 764. The summed E-state index contributed by atoms with van der Waals surface area (Å²) in [5.41, 5.74) is 1.53. The molecule has 0 aliphatic carbocycles. The molecule has 2 aromatic heterocycles. The molecule has 0 aliphatic heterocycles. The molecule has 3 aromatic rings. The van der Waals surface area contributed by atoms with Crippen LogP contribution in [0.3, 0.4) is 0 Å². The van der Waals surface area contributed by atoms with Crippen molar-refractivity contribution >= 4 is 23.4 Å². The van der Waals surface area contributed by atoms with Gasteiger partial charge in [0.2, 0.25) is 5.91 Å². The number of hydrogen-bond acceptors (Lipinski definition) is 5. The molecular weight excluding hydrogens is 308 g/mol. The second-order valence-corrected chi connectivity index (χ2v) is 5.73. The Balaban J connectivity index is 1.57. The summed E-state index contributed by atoms with van der Waals surface area (Å²) >= 11 is 1.45. The minimum absolute atomic E-state index is 0.0946. The van der Waals surface area contributed by atoms with E-state index in [0.717, 1.165) is 10.5 Å². The number of rotatable bonds is 5. The molecule has 0 aliphatic rings. The van der Waals surface area contributed by atoms with Gasteiger partial charge >= 0.3 is 0 Å². The van der Waals surface area contributed by atoms with Crippen LogP contribution in [-0.2, 0) is 4.79 Å². The molecule has 6 heteroatoms. The molecular formula is C17H14N4OS. The fourth-order valence-electron chi connectivity index (χ4n) is 1.91. The Labute approximate surface area is 138 Å². The molecule has 1 amide bonds. The summed E-state index contributed by atoms with van der Waals surface area (Å²) in [6, 6.07) is 13.4. The molecule has 0 saturated heterocycles. The van der Waals surface area contributed by atoms with Crippen LogP contribution < -0.4 is 5.32 Å². The lowest BCUT2D eigenvalue weighted by atomic mass is 10.2. The first kappa shape index (κ1) is 15.2. The van der Waals surface area contributed by atoms with Crippen LogP contribution in [0.5, 0.6) is 0 Å². The van der Waals surface area contributed by atoms with Gasteiger partial charge in [0, 0.05) is 22.9 Å². The first-order chi connectivity index (χ1) is 11.3. The quantitative estimate of drug-likeness (QED) is 0.730. The molecule has 0 spiro atoms. The maximum atomic E-state index is 11.9. The highest BCUT2D eigenvalue weighted by atomic mass is 32.2. The number of nitrogens with zero attached hydrogens (tertiary/aromatic N) is 3. The molecule has 1 aromatic carbocycles. The Morgan fingerprint density at radius 3 is 2.39 bits per heavy atom. The van der Waals surface area contributed by atoms with E-state index in [2.05, 4.69) is 20.3 Å². The fourth-order valence-corrected chi connectivity index (χ4v) is 2.59. The maximum Gasteiger partial charge on any atom is 0.234 e. The molecule has 0 unspecified atom stereocenters. The van der Waals surface area contributed by atoms with Crippen molar-refractivity contribution in [1.82, 2.24) is 15.0 Å². The van der Waals surface area contributed by atoms with E-state index in [9.17, 15) is 4.79 Å². The monoisotopic (exact) mass is 322 g/mol. The van der Waals surface area contributed by atoms with Crippen molar-refractivity contribution in [2.75, 3.05) is 11.1 Å². The normalized spacial score (nSPS) is 10.3. The second kappa shape index (κ2) is 7.51. The summed E-state index contributed by atoms with van der Waals surface area (Å²) < 4.78 is 0. The Morgan fingerprint density at radius 2 is 1.70 bits per heavy atom. The molecule has 3 rings (SSSR count). The molecule has 1 N–H and O–H groups in total. The average Bonchev–Trinajstić information content (AvgIpc) is 2.62. The summed E-state index contributed by atoms with van der Waals surface area (Å²) in [7, 11) is 0. The largest absolute Gasteiger partial charge is 0.323 e. The molecule has 2 heterocycles. The smallest absolute Gasteiger partial charge is 0.234 e. The zero-order valence-electron chi connectivity index (χ0n) is 12.2. The Kier molecular flexibility index (Phi) is 4.95. The van der Waals surface area contributed by atoms with Crippen LogP contribution in [0.25, 0.3) is 11.4 Å². The van der Waals surface area contributed by atoms with Crippen LogP contribution in [-0.4, -0.2) is 26.6 Å². The van der Waals surface area contributed by atoms with Gasteiger partial charge in [0.1, 0.15) is 0 Å². The number of thioether (sulfide) groups is 1. The molecule has 114 valence electrons. The topological polar surface area (TPSA) is 67.8 Å². The zero-order chi connectivity index (χ0) is 15.9. The fraction of sp³-hybridized carbons (Fsp3) is 0.0588. The minimum atomic E-state index is -0.0946. The van der Waals surface area contributed by atoms with Gasteiger partial charge < -0.3 is 5.32 Å². The van der Waals surface area contributed by atoms with E-state index in [4.69, 9.17) is 0 Å². The lowest BCUT2D eigenvalue weighted by molar-refractivity contribution is -0.113. The van der Waals surface area contributed by atoms with Gasteiger partial charge in [-0.05, 0) is 12.1 Å². The number of anilines is 1. The van der Waals surface area contributed by atoms with E-state index in [0.29, 0.717) is 17.3 Å². The molecule has 0 fully saturated rings. The van der Waals surface area contributed by atoms with Crippen LogP contribution >= 0.6 is 11.8 Å². The van der Waals surface area contributed by atoms with E-state index in [-0.39, 0.29) is 5.91 Å². The van der Waals surface area contributed by atoms with Crippen molar-refractivity contribution < 1.29 is 4.79 Å². The predicted molar refractivity (Wildman–Crippen MR) is 91.1 cm³/mol. The summed E-state index contributed by atoms with van der Waals surface area (Å²) in [6.45, 7) is 0. The summed E-state index contributed by atoms with van der Waals surface area (Å²) in [6.07, 6.45) is 6.64. The zero-order valence-corrected chi connectivity index (χ0v) is 13.0. The van der Waals surface area contributed by atoms with Gasteiger partial charge in [0.25, 0.3) is 0 Å². The number of pyridine rings is 1. The van der Waals surface area contributed by atoms with E-state index >= 15 is 0 Å². The van der Waals surface area contributed by atoms with Crippen LogP contribution in [0.2, 0.25) is 0 Å². The van der Waals surface area contributed by atoms with Crippen LogP contribution in [0.1, 0.15) is 0 Å². The Morgan fingerprint density at radius 1 is 1.00 bits per heavy atom. The number of carbonyl (C=O) groups is 1. The Hall–Kier alpha value is -2.73. The predicted octanol–water partition coefficient (Wildman–Crippen LogP) is 3.27. The second-order valence-electron chi connectivity index (χ2n) is 4.68. The highest BCUT2D eigenvalue weighted by molar-refractivity contribution is 8.00. The van der Waals surface area contributed by atoms with Crippen molar-refractivity contribution in [3.05, 3.63) is 67.3 Å². The highest BCUT2D eigenvalue weighted by Gasteiger charge is 2.05. The van der Waals surface area contributed by atoms with Gasteiger partial charge in [0.05, 0.1) is 23.8 Å². The first-order valence-corrected chi connectivity index (χ1v) is 8.00. The number of nitrogens with one attached hydrogen (secondary N) is 1. The van der Waals surface area contributed by atoms with Gasteiger partial charge in [-0.1, -0.05) is 30.3 Å². The number of hydrogen-bond donors (Lipinski definition) is 1. The van der Waals surface area contributed by atoms with Gasteiger partial charge in [0.15, 0.2) is 5.82 Å². The molecule has 0 saturated carbocycles. The van der Waals surface area contributed by atoms with Gasteiger partial charge in [-0.15, -0.1) is 11.8 Å².